The van der Waals surface area contributed by atoms with E-state index in [1.165, 1.54) is 0 Å². The van der Waals surface area contributed by atoms with Crippen molar-refractivity contribution in [2.45, 2.75) is 32.4 Å². The molecule has 0 heterocycles. The number of ether oxygens (including phenoxy) is 3. The van der Waals surface area contributed by atoms with Crippen molar-refractivity contribution >= 4 is 0 Å². The maximum Gasteiger partial charge on any atom is 0.0957 e. The number of aliphatic hydroxyl groups excluding tert-OH is 1. The summed E-state index contributed by atoms with van der Waals surface area (Å²) >= 11 is 0. The Hall–Kier alpha value is -0.200. The van der Waals surface area contributed by atoms with Crippen LogP contribution in [-0.4, -0.2) is 57.4 Å². The van der Waals surface area contributed by atoms with E-state index in [1.54, 1.807) is 7.11 Å². The quantitative estimate of drug-likeness (QED) is 0.519. The predicted octanol–water partition coefficient (Wildman–Crippen LogP) is 0.400. The van der Waals surface area contributed by atoms with Gasteiger partial charge in [0.2, 0.25) is 0 Å². The summed E-state index contributed by atoms with van der Waals surface area (Å²) in [4.78, 5) is 0. The first-order valence-electron chi connectivity index (χ1n) is 6.16. The van der Waals surface area contributed by atoms with Gasteiger partial charge in [-0.15, -0.1) is 0 Å². The normalized spacial score (nSPS) is 15.2. The van der Waals surface area contributed by atoms with Gasteiger partial charge in [0, 0.05) is 13.2 Å². The maximum atomic E-state index is 9.18. The first-order valence-corrected chi connectivity index (χ1v) is 6.16. The van der Waals surface area contributed by atoms with Crippen LogP contribution in [0.3, 0.4) is 0 Å². The third-order valence-electron chi connectivity index (χ3n) is 2.39. The molecule has 5 nitrogen and oxygen atoms in total. The Balaban J connectivity index is 3.60. The molecule has 0 aliphatic carbocycles. The number of hydrogen-bond donors (Lipinski definition) is 2. The average molecular weight is 249 g/mol. The molecule has 0 saturated carbocycles. The van der Waals surface area contributed by atoms with Crippen molar-refractivity contribution in [2.24, 2.45) is 11.7 Å². The summed E-state index contributed by atoms with van der Waals surface area (Å²) in [6.45, 7) is 6.23. The summed E-state index contributed by atoms with van der Waals surface area (Å²) in [5, 5.41) is 9.18. The van der Waals surface area contributed by atoms with Gasteiger partial charge in [-0.1, -0.05) is 13.8 Å². The molecule has 0 aromatic heterocycles. The van der Waals surface area contributed by atoms with Gasteiger partial charge < -0.3 is 25.1 Å². The summed E-state index contributed by atoms with van der Waals surface area (Å²) in [5.74, 6) is 0.501. The van der Waals surface area contributed by atoms with E-state index in [4.69, 9.17) is 19.9 Å². The van der Waals surface area contributed by atoms with Crippen molar-refractivity contribution in [3.63, 3.8) is 0 Å². The molecule has 104 valence electrons. The molecule has 17 heavy (non-hydrogen) atoms. The largest absolute Gasteiger partial charge is 0.394 e. The van der Waals surface area contributed by atoms with Crippen LogP contribution in [0.2, 0.25) is 0 Å². The molecule has 2 unspecified atom stereocenters. The highest BCUT2D eigenvalue weighted by molar-refractivity contribution is 4.74. The van der Waals surface area contributed by atoms with Crippen LogP contribution >= 0.6 is 0 Å². The SMILES string of the molecule is COCCOCCOC(CO)C(N)CC(C)C. The minimum atomic E-state index is -0.302. The van der Waals surface area contributed by atoms with E-state index in [-0.39, 0.29) is 18.8 Å². The van der Waals surface area contributed by atoms with E-state index in [0.29, 0.717) is 32.3 Å². The van der Waals surface area contributed by atoms with Crippen LogP contribution in [0.4, 0.5) is 0 Å². The average Bonchev–Trinajstić information content (AvgIpc) is 2.27. The van der Waals surface area contributed by atoms with Gasteiger partial charge in [0.1, 0.15) is 0 Å². The second-order valence-electron chi connectivity index (χ2n) is 4.49. The van der Waals surface area contributed by atoms with Gasteiger partial charge in [0.05, 0.1) is 39.1 Å². The lowest BCUT2D eigenvalue weighted by Crippen LogP contribution is -2.41. The van der Waals surface area contributed by atoms with Crippen LogP contribution in [0.15, 0.2) is 0 Å². The summed E-state index contributed by atoms with van der Waals surface area (Å²) < 4.78 is 15.6. The molecule has 0 fully saturated rings. The van der Waals surface area contributed by atoms with Gasteiger partial charge in [0.15, 0.2) is 0 Å². The number of rotatable bonds is 11. The van der Waals surface area contributed by atoms with Crippen molar-refractivity contribution in [1.82, 2.24) is 0 Å². The smallest absolute Gasteiger partial charge is 0.0957 e. The number of hydrogen-bond acceptors (Lipinski definition) is 5. The standard InChI is InChI=1S/C12H27NO4/c1-10(2)8-11(13)12(9-14)17-7-6-16-5-4-15-3/h10-12,14H,4-9,13H2,1-3H3. The summed E-state index contributed by atoms with van der Waals surface area (Å²) in [7, 11) is 1.63. The van der Waals surface area contributed by atoms with Gasteiger partial charge >= 0.3 is 0 Å². The zero-order valence-electron chi connectivity index (χ0n) is 11.2. The second kappa shape index (κ2) is 10.9. The van der Waals surface area contributed by atoms with Crippen LogP contribution in [0, 0.1) is 5.92 Å². The Morgan fingerprint density at radius 3 is 2.29 bits per heavy atom. The van der Waals surface area contributed by atoms with Crippen LogP contribution in [-0.2, 0) is 14.2 Å². The lowest BCUT2D eigenvalue weighted by Gasteiger charge is -2.23. The molecule has 0 radical (unpaired) electrons. The topological polar surface area (TPSA) is 73.9 Å². The molecule has 0 aromatic carbocycles. The minimum absolute atomic E-state index is 0.0496. The first kappa shape index (κ1) is 16.8. The molecule has 0 amide bonds. The predicted molar refractivity (Wildman–Crippen MR) is 67.0 cm³/mol. The fourth-order valence-electron chi connectivity index (χ4n) is 1.51. The van der Waals surface area contributed by atoms with E-state index in [1.807, 2.05) is 0 Å². The Labute approximate surface area is 104 Å². The Morgan fingerprint density at radius 2 is 1.76 bits per heavy atom. The zero-order chi connectivity index (χ0) is 13.1. The molecule has 2 atom stereocenters. The summed E-state index contributed by atoms with van der Waals surface area (Å²) in [6, 6.07) is -0.126. The third kappa shape index (κ3) is 9.50. The van der Waals surface area contributed by atoms with Gasteiger partial charge in [-0.2, -0.15) is 0 Å². The van der Waals surface area contributed by atoms with Gasteiger partial charge in [0.25, 0.3) is 0 Å². The van der Waals surface area contributed by atoms with E-state index in [0.717, 1.165) is 6.42 Å². The van der Waals surface area contributed by atoms with Crippen molar-refractivity contribution in [2.75, 3.05) is 40.1 Å². The molecule has 0 saturated heterocycles. The Kier molecular flexibility index (Phi) is 10.8. The lowest BCUT2D eigenvalue weighted by atomic mass is 10.0. The van der Waals surface area contributed by atoms with E-state index in [2.05, 4.69) is 13.8 Å². The van der Waals surface area contributed by atoms with Crippen LogP contribution in [0.25, 0.3) is 0 Å². The monoisotopic (exact) mass is 249 g/mol. The lowest BCUT2D eigenvalue weighted by molar-refractivity contribution is -0.0376. The molecular weight excluding hydrogens is 222 g/mol. The molecule has 0 aliphatic heterocycles. The van der Waals surface area contributed by atoms with E-state index < -0.39 is 0 Å². The van der Waals surface area contributed by atoms with Crippen molar-refractivity contribution < 1.29 is 19.3 Å². The third-order valence-corrected chi connectivity index (χ3v) is 2.39. The molecule has 3 N–H and O–H groups in total. The highest BCUT2D eigenvalue weighted by Crippen LogP contribution is 2.08. The molecule has 0 aromatic rings. The van der Waals surface area contributed by atoms with Crippen LogP contribution in [0.5, 0.6) is 0 Å². The van der Waals surface area contributed by atoms with E-state index >= 15 is 0 Å². The number of nitrogens with two attached hydrogens (primary N) is 1. The number of methoxy groups -OCH3 is 1. The summed E-state index contributed by atoms with van der Waals surface area (Å²) in [5.41, 5.74) is 5.95. The van der Waals surface area contributed by atoms with Crippen LogP contribution < -0.4 is 5.73 Å². The van der Waals surface area contributed by atoms with E-state index in [9.17, 15) is 5.11 Å². The molecule has 0 spiro atoms. The molecule has 0 bridgehead atoms. The molecule has 5 heteroatoms. The summed E-state index contributed by atoms with van der Waals surface area (Å²) in [6.07, 6.45) is 0.541. The number of aliphatic hydroxyl groups is 1. The fourth-order valence-corrected chi connectivity index (χ4v) is 1.51. The maximum absolute atomic E-state index is 9.18. The van der Waals surface area contributed by atoms with Crippen LogP contribution in [0.1, 0.15) is 20.3 Å². The van der Waals surface area contributed by atoms with Crippen molar-refractivity contribution in [1.29, 1.82) is 0 Å². The fraction of sp³-hybridized carbons (Fsp3) is 1.00. The Bertz CT molecular complexity index is 167. The molecular formula is C12H27NO4. The Morgan fingerprint density at radius 1 is 1.12 bits per heavy atom. The second-order valence-corrected chi connectivity index (χ2v) is 4.49. The molecule has 0 aliphatic rings. The minimum Gasteiger partial charge on any atom is -0.394 e. The zero-order valence-corrected chi connectivity index (χ0v) is 11.2. The van der Waals surface area contributed by atoms with Crippen molar-refractivity contribution in [3.05, 3.63) is 0 Å². The molecule has 0 rings (SSSR count). The first-order chi connectivity index (χ1) is 8.11. The van der Waals surface area contributed by atoms with Gasteiger partial charge in [-0.25, -0.2) is 0 Å². The highest BCUT2D eigenvalue weighted by atomic mass is 16.5. The highest BCUT2D eigenvalue weighted by Gasteiger charge is 2.18. The van der Waals surface area contributed by atoms with Crippen molar-refractivity contribution in [3.8, 4) is 0 Å². The van der Waals surface area contributed by atoms with Gasteiger partial charge in [-0.05, 0) is 12.3 Å². The van der Waals surface area contributed by atoms with Gasteiger partial charge in [-0.3, -0.25) is 0 Å².